The van der Waals surface area contributed by atoms with Crippen molar-refractivity contribution in [1.82, 2.24) is 4.98 Å². The van der Waals surface area contributed by atoms with E-state index in [9.17, 15) is 9.90 Å². The van der Waals surface area contributed by atoms with Crippen LogP contribution in [-0.4, -0.2) is 11.0 Å². The molecule has 0 fully saturated rings. The fourth-order valence-electron chi connectivity index (χ4n) is 1.46. The smallest absolute Gasteiger partial charge is 0.550 e. The summed E-state index contributed by atoms with van der Waals surface area (Å²) in [6.07, 6.45) is 1.47. The molecular formula is C11H8LiNO2. The molecule has 0 atom stereocenters. The molecule has 0 spiro atoms. The topological polar surface area (TPSA) is 53.0 Å². The Kier molecular flexibility index (Phi) is 3.90. The molecule has 0 N–H and O–H groups in total. The standard InChI is InChI=1S/C11H9NO2.Li/c13-11(14)7-10-9-4-2-1-3-8(9)5-6-12-10;/h1-6H,7H2,(H,13,14);/q;+1/p-1. The quantitative estimate of drug-likeness (QED) is 0.497. The summed E-state index contributed by atoms with van der Waals surface area (Å²) in [7, 11) is 0. The zero-order valence-electron chi connectivity index (χ0n) is 8.43. The number of fused-ring (bicyclic) bond motifs is 1. The largest absolute Gasteiger partial charge is 1.00 e. The molecule has 1 heterocycles. The van der Waals surface area contributed by atoms with Gasteiger partial charge in [0.2, 0.25) is 0 Å². The van der Waals surface area contributed by atoms with Crippen LogP contribution in [0.2, 0.25) is 0 Å². The maximum absolute atomic E-state index is 10.5. The van der Waals surface area contributed by atoms with Crippen LogP contribution >= 0.6 is 0 Å². The van der Waals surface area contributed by atoms with Crippen molar-refractivity contribution in [3.63, 3.8) is 0 Å². The van der Waals surface area contributed by atoms with E-state index in [4.69, 9.17) is 0 Å². The van der Waals surface area contributed by atoms with Gasteiger partial charge in [0.25, 0.3) is 0 Å². The summed E-state index contributed by atoms with van der Waals surface area (Å²) in [5.74, 6) is -1.10. The molecule has 0 aliphatic carbocycles. The van der Waals surface area contributed by atoms with Crippen LogP contribution in [0.4, 0.5) is 0 Å². The summed E-state index contributed by atoms with van der Waals surface area (Å²) in [6, 6.07) is 9.42. The second-order valence-electron chi connectivity index (χ2n) is 3.03. The first-order valence-electron chi connectivity index (χ1n) is 4.30. The summed E-state index contributed by atoms with van der Waals surface area (Å²) in [6.45, 7) is 0. The third-order valence-corrected chi connectivity index (χ3v) is 2.07. The van der Waals surface area contributed by atoms with Crippen LogP contribution in [0, 0.1) is 0 Å². The molecule has 2 aromatic rings. The Morgan fingerprint density at radius 2 is 2.00 bits per heavy atom. The number of carboxylic acids is 1. The average molecular weight is 193 g/mol. The molecule has 70 valence electrons. The first kappa shape index (κ1) is 11.8. The monoisotopic (exact) mass is 193 g/mol. The average Bonchev–Trinajstić information content (AvgIpc) is 2.18. The van der Waals surface area contributed by atoms with E-state index in [2.05, 4.69) is 4.98 Å². The number of benzene rings is 1. The van der Waals surface area contributed by atoms with Gasteiger partial charge < -0.3 is 9.90 Å². The minimum atomic E-state index is -1.10. The number of aromatic nitrogens is 1. The number of aliphatic carboxylic acids is 1. The molecule has 0 saturated carbocycles. The van der Waals surface area contributed by atoms with Crippen molar-refractivity contribution in [3.05, 3.63) is 42.2 Å². The van der Waals surface area contributed by atoms with E-state index in [-0.39, 0.29) is 25.3 Å². The Bertz CT molecular complexity index is 479. The molecule has 0 aliphatic rings. The number of pyridine rings is 1. The van der Waals surface area contributed by atoms with Gasteiger partial charge in [0.1, 0.15) is 0 Å². The first-order chi connectivity index (χ1) is 6.77. The zero-order valence-corrected chi connectivity index (χ0v) is 8.43. The third-order valence-electron chi connectivity index (χ3n) is 2.07. The zero-order chi connectivity index (χ0) is 9.97. The summed E-state index contributed by atoms with van der Waals surface area (Å²) in [5, 5.41) is 12.3. The van der Waals surface area contributed by atoms with E-state index in [0.717, 1.165) is 10.8 Å². The van der Waals surface area contributed by atoms with Gasteiger partial charge >= 0.3 is 18.9 Å². The van der Waals surface area contributed by atoms with Crippen molar-refractivity contribution in [2.24, 2.45) is 0 Å². The predicted molar refractivity (Wildman–Crippen MR) is 50.5 cm³/mol. The molecule has 0 bridgehead atoms. The second kappa shape index (κ2) is 4.97. The van der Waals surface area contributed by atoms with Crippen LogP contribution in [0.25, 0.3) is 10.8 Å². The van der Waals surface area contributed by atoms with Gasteiger partial charge in [-0.2, -0.15) is 0 Å². The van der Waals surface area contributed by atoms with E-state index < -0.39 is 5.97 Å². The molecule has 2 rings (SSSR count). The van der Waals surface area contributed by atoms with E-state index in [1.807, 2.05) is 30.3 Å². The minimum Gasteiger partial charge on any atom is -0.550 e. The van der Waals surface area contributed by atoms with Gasteiger partial charge in [0.05, 0.1) is 5.69 Å². The minimum absolute atomic E-state index is 0. The van der Waals surface area contributed by atoms with Gasteiger partial charge in [-0.1, -0.05) is 24.3 Å². The molecule has 0 saturated heterocycles. The molecule has 0 amide bonds. The van der Waals surface area contributed by atoms with Crippen molar-refractivity contribution >= 4 is 16.7 Å². The molecule has 1 aromatic heterocycles. The Morgan fingerprint density at radius 3 is 2.73 bits per heavy atom. The number of carboxylic acid groups (broad SMARTS) is 1. The van der Waals surface area contributed by atoms with Crippen LogP contribution in [0.5, 0.6) is 0 Å². The molecule has 0 unspecified atom stereocenters. The van der Waals surface area contributed by atoms with Crippen molar-refractivity contribution in [1.29, 1.82) is 0 Å². The van der Waals surface area contributed by atoms with E-state index in [0.29, 0.717) is 5.69 Å². The summed E-state index contributed by atoms with van der Waals surface area (Å²) in [5.41, 5.74) is 0.558. The van der Waals surface area contributed by atoms with Gasteiger partial charge in [-0.05, 0) is 11.5 Å². The SMILES string of the molecule is O=C([O-])Cc1nccc2ccccc12.[Li+]. The van der Waals surface area contributed by atoms with Gasteiger partial charge in [-0.25, -0.2) is 0 Å². The molecule has 3 nitrogen and oxygen atoms in total. The summed E-state index contributed by atoms with van der Waals surface area (Å²) < 4.78 is 0. The van der Waals surface area contributed by atoms with E-state index >= 15 is 0 Å². The van der Waals surface area contributed by atoms with Crippen LogP contribution in [0.3, 0.4) is 0 Å². The van der Waals surface area contributed by atoms with Crippen molar-refractivity contribution in [2.75, 3.05) is 0 Å². The Morgan fingerprint density at radius 1 is 1.27 bits per heavy atom. The molecule has 0 radical (unpaired) electrons. The van der Waals surface area contributed by atoms with Crippen LogP contribution < -0.4 is 24.0 Å². The molecule has 15 heavy (non-hydrogen) atoms. The van der Waals surface area contributed by atoms with Gasteiger partial charge in [-0.3, -0.25) is 4.98 Å². The molecule has 4 heteroatoms. The number of rotatable bonds is 2. The third kappa shape index (κ3) is 2.59. The van der Waals surface area contributed by atoms with Crippen molar-refractivity contribution in [3.8, 4) is 0 Å². The maximum atomic E-state index is 10.5. The normalized spacial score (nSPS) is 9.60. The van der Waals surface area contributed by atoms with Gasteiger partial charge in [0, 0.05) is 24.0 Å². The predicted octanol–water partition coefficient (Wildman–Crippen LogP) is -2.47. The maximum Gasteiger partial charge on any atom is 1.00 e. The number of nitrogens with zero attached hydrogens (tertiary/aromatic N) is 1. The summed E-state index contributed by atoms with van der Waals surface area (Å²) in [4.78, 5) is 14.5. The fraction of sp³-hybridized carbons (Fsp3) is 0.0909. The van der Waals surface area contributed by atoms with Crippen LogP contribution in [-0.2, 0) is 11.2 Å². The Balaban J connectivity index is 0.00000112. The molecular weight excluding hydrogens is 185 g/mol. The number of hydrogen-bond donors (Lipinski definition) is 0. The number of carbonyl (C=O) groups excluding carboxylic acids is 1. The molecule has 1 aromatic carbocycles. The number of carbonyl (C=O) groups is 1. The van der Waals surface area contributed by atoms with Crippen LogP contribution in [0.1, 0.15) is 5.69 Å². The summed E-state index contributed by atoms with van der Waals surface area (Å²) >= 11 is 0. The second-order valence-corrected chi connectivity index (χ2v) is 3.03. The van der Waals surface area contributed by atoms with Crippen molar-refractivity contribution in [2.45, 2.75) is 6.42 Å². The fourth-order valence-corrected chi connectivity index (χ4v) is 1.46. The van der Waals surface area contributed by atoms with Gasteiger partial charge in [0.15, 0.2) is 0 Å². The first-order valence-corrected chi connectivity index (χ1v) is 4.30. The van der Waals surface area contributed by atoms with Gasteiger partial charge in [-0.15, -0.1) is 0 Å². The van der Waals surface area contributed by atoms with E-state index in [1.165, 1.54) is 0 Å². The van der Waals surface area contributed by atoms with Crippen molar-refractivity contribution < 1.29 is 28.8 Å². The number of hydrogen-bond acceptors (Lipinski definition) is 3. The Labute approximate surface area is 99.3 Å². The van der Waals surface area contributed by atoms with Crippen LogP contribution in [0.15, 0.2) is 36.5 Å². The molecule has 0 aliphatic heterocycles. The van der Waals surface area contributed by atoms with E-state index in [1.54, 1.807) is 6.20 Å². The Hall–Kier alpha value is -1.30.